The second-order valence-electron chi connectivity index (χ2n) is 4.98. The van der Waals surface area contributed by atoms with Gasteiger partial charge in [-0.15, -0.1) is 0 Å². The molecule has 1 saturated carbocycles. The maximum atomic E-state index is 11.9. The van der Waals surface area contributed by atoms with Crippen molar-refractivity contribution < 1.29 is 9.90 Å². The molecule has 2 unspecified atom stereocenters. The molecule has 1 N–H and O–H groups in total. The van der Waals surface area contributed by atoms with E-state index in [1.165, 1.54) is 19.3 Å². The largest absolute Gasteiger partial charge is 0.396 e. The highest BCUT2D eigenvalue weighted by Gasteiger charge is 2.40. The average molecular weight is 211 g/mol. The summed E-state index contributed by atoms with van der Waals surface area (Å²) in [6.45, 7) is 2.23. The molecule has 1 aliphatic heterocycles. The lowest BCUT2D eigenvalue weighted by atomic mass is 9.93. The third-order valence-corrected chi connectivity index (χ3v) is 4.05. The zero-order valence-corrected chi connectivity index (χ0v) is 9.48. The summed E-state index contributed by atoms with van der Waals surface area (Å²) in [4.78, 5) is 13.9. The Morgan fingerprint density at radius 2 is 2.00 bits per heavy atom. The summed E-state index contributed by atoms with van der Waals surface area (Å²) < 4.78 is 0. The predicted molar refractivity (Wildman–Crippen MR) is 58.4 cm³/mol. The van der Waals surface area contributed by atoms with E-state index in [0.717, 1.165) is 12.8 Å². The van der Waals surface area contributed by atoms with Gasteiger partial charge in [-0.05, 0) is 19.8 Å². The van der Waals surface area contributed by atoms with Gasteiger partial charge >= 0.3 is 0 Å². The van der Waals surface area contributed by atoms with Gasteiger partial charge in [0.05, 0.1) is 0 Å². The van der Waals surface area contributed by atoms with Crippen LogP contribution in [0.4, 0.5) is 0 Å². The van der Waals surface area contributed by atoms with Crippen LogP contribution in [0, 0.1) is 5.92 Å². The minimum absolute atomic E-state index is 0.149. The van der Waals surface area contributed by atoms with Crippen LogP contribution in [0.1, 0.15) is 45.4 Å². The zero-order chi connectivity index (χ0) is 10.8. The molecule has 86 valence electrons. The molecule has 0 bridgehead atoms. The first-order chi connectivity index (χ1) is 7.24. The summed E-state index contributed by atoms with van der Waals surface area (Å²) in [7, 11) is 0. The van der Waals surface area contributed by atoms with Crippen LogP contribution in [-0.4, -0.2) is 34.6 Å². The molecule has 15 heavy (non-hydrogen) atoms. The molecule has 1 saturated heterocycles. The summed E-state index contributed by atoms with van der Waals surface area (Å²) in [5, 5.41) is 9.19. The Kier molecular flexibility index (Phi) is 3.29. The van der Waals surface area contributed by atoms with E-state index in [1.54, 1.807) is 0 Å². The van der Waals surface area contributed by atoms with Crippen molar-refractivity contribution in [3.63, 3.8) is 0 Å². The molecule has 3 nitrogen and oxygen atoms in total. The van der Waals surface area contributed by atoms with Gasteiger partial charge in [-0.2, -0.15) is 0 Å². The fourth-order valence-electron chi connectivity index (χ4n) is 3.07. The molecule has 0 aromatic heterocycles. The number of aliphatic hydroxyl groups is 1. The number of carbonyl (C=O) groups excluding carboxylic acids is 1. The van der Waals surface area contributed by atoms with Crippen LogP contribution in [0.2, 0.25) is 0 Å². The van der Waals surface area contributed by atoms with E-state index in [4.69, 9.17) is 0 Å². The summed E-state index contributed by atoms with van der Waals surface area (Å²) in [6.07, 6.45) is 6.70. The fourth-order valence-corrected chi connectivity index (χ4v) is 3.07. The molecule has 1 aliphatic carbocycles. The number of hydrogen-bond donors (Lipinski definition) is 1. The van der Waals surface area contributed by atoms with Crippen molar-refractivity contribution in [2.45, 2.75) is 57.5 Å². The number of likely N-dealkylation sites (tertiary alicyclic amines) is 1. The molecule has 1 heterocycles. The molecule has 2 rings (SSSR count). The van der Waals surface area contributed by atoms with Crippen LogP contribution in [0.3, 0.4) is 0 Å². The normalized spacial score (nSPS) is 33.7. The lowest BCUT2D eigenvalue weighted by molar-refractivity contribution is -0.131. The number of nitrogens with zero attached hydrogens (tertiary/aromatic N) is 1. The van der Waals surface area contributed by atoms with E-state index in [0.29, 0.717) is 12.5 Å². The minimum atomic E-state index is 0.149. The molecule has 0 radical (unpaired) electrons. The topological polar surface area (TPSA) is 40.5 Å². The summed E-state index contributed by atoms with van der Waals surface area (Å²) in [6, 6.07) is 0.698. The summed E-state index contributed by atoms with van der Waals surface area (Å²) >= 11 is 0. The highest BCUT2D eigenvalue weighted by molar-refractivity contribution is 5.79. The van der Waals surface area contributed by atoms with Crippen LogP contribution in [-0.2, 0) is 4.79 Å². The first kappa shape index (κ1) is 10.9. The predicted octanol–water partition coefficient (Wildman–Crippen LogP) is 1.55. The van der Waals surface area contributed by atoms with Crippen molar-refractivity contribution in [2.75, 3.05) is 6.61 Å². The highest BCUT2D eigenvalue weighted by Crippen LogP contribution is 2.32. The van der Waals surface area contributed by atoms with E-state index < -0.39 is 0 Å². The highest BCUT2D eigenvalue weighted by atomic mass is 16.3. The molecule has 2 atom stereocenters. The Labute approximate surface area is 91.5 Å². The van der Waals surface area contributed by atoms with Crippen LogP contribution in [0.5, 0.6) is 0 Å². The number of hydrogen-bond acceptors (Lipinski definition) is 2. The van der Waals surface area contributed by atoms with Crippen molar-refractivity contribution >= 4 is 5.91 Å². The van der Waals surface area contributed by atoms with Crippen molar-refractivity contribution in [1.29, 1.82) is 0 Å². The molecule has 2 aliphatic rings. The number of amides is 1. The van der Waals surface area contributed by atoms with E-state index in [-0.39, 0.29) is 24.5 Å². The molecular weight excluding hydrogens is 190 g/mol. The van der Waals surface area contributed by atoms with E-state index in [9.17, 15) is 9.90 Å². The van der Waals surface area contributed by atoms with Crippen LogP contribution in [0.15, 0.2) is 0 Å². The molecule has 2 fully saturated rings. The molecule has 0 aromatic rings. The van der Waals surface area contributed by atoms with E-state index >= 15 is 0 Å². The minimum Gasteiger partial charge on any atom is -0.396 e. The van der Waals surface area contributed by atoms with Crippen molar-refractivity contribution in [2.24, 2.45) is 5.92 Å². The lowest BCUT2D eigenvalue weighted by Gasteiger charge is -2.35. The van der Waals surface area contributed by atoms with Gasteiger partial charge in [0.25, 0.3) is 0 Å². The Morgan fingerprint density at radius 1 is 1.33 bits per heavy atom. The monoisotopic (exact) mass is 211 g/mol. The van der Waals surface area contributed by atoms with Gasteiger partial charge in [-0.25, -0.2) is 0 Å². The lowest BCUT2D eigenvalue weighted by Crippen LogP contribution is -2.43. The van der Waals surface area contributed by atoms with E-state index in [1.807, 2.05) is 0 Å². The third-order valence-electron chi connectivity index (χ3n) is 4.05. The fraction of sp³-hybridized carbons (Fsp3) is 0.917. The average Bonchev–Trinajstić information content (AvgIpc) is 2.55. The zero-order valence-electron chi connectivity index (χ0n) is 9.48. The molecule has 0 spiro atoms. The maximum Gasteiger partial charge on any atom is 0.223 e. The van der Waals surface area contributed by atoms with Crippen LogP contribution in [0.25, 0.3) is 0 Å². The van der Waals surface area contributed by atoms with Gasteiger partial charge in [0.2, 0.25) is 5.91 Å². The molecule has 0 aromatic carbocycles. The molecule has 1 amide bonds. The van der Waals surface area contributed by atoms with Gasteiger partial charge < -0.3 is 10.0 Å². The first-order valence-corrected chi connectivity index (χ1v) is 6.16. The standard InChI is InChI=1S/C12H21NO2/c1-9-10(8-14)7-12(15)13(9)11-5-3-2-4-6-11/h9-11,14H,2-8H2,1H3. The SMILES string of the molecule is CC1C(CO)CC(=O)N1C1CCCCC1. The Bertz CT molecular complexity index is 236. The number of carbonyl (C=O) groups is 1. The van der Waals surface area contributed by atoms with Gasteiger partial charge in [-0.1, -0.05) is 19.3 Å². The smallest absolute Gasteiger partial charge is 0.223 e. The number of rotatable bonds is 2. The Hall–Kier alpha value is -0.570. The van der Waals surface area contributed by atoms with Crippen LogP contribution >= 0.6 is 0 Å². The van der Waals surface area contributed by atoms with Crippen molar-refractivity contribution in [3.05, 3.63) is 0 Å². The van der Waals surface area contributed by atoms with Gasteiger partial charge in [0, 0.05) is 31.0 Å². The van der Waals surface area contributed by atoms with Gasteiger partial charge in [-0.3, -0.25) is 4.79 Å². The van der Waals surface area contributed by atoms with Gasteiger partial charge in [0.15, 0.2) is 0 Å². The summed E-state index contributed by atoms with van der Waals surface area (Å²) in [5.41, 5.74) is 0. The Balaban J connectivity index is 2.03. The second-order valence-corrected chi connectivity index (χ2v) is 4.98. The molecular formula is C12H21NO2. The second kappa shape index (κ2) is 4.52. The van der Waals surface area contributed by atoms with Crippen molar-refractivity contribution in [3.8, 4) is 0 Å². The quantitative estimate of drug-likeness (QED) is 0.753. The maximum absolute atomic E-state index is 11.9. The third kappa shape index (κ3) is 2.03. The number of aliphatic hydroxyl groups excluding tert-OH is 1. The first-order valence-electron chi connectivity index (χ1n) is 6.16. The van der Waals surface area contributed by atoms with Crippen molar-refractivity contribution in [1.82, 2.24) is 4.90 Å². The van der Waals surface area contributed by atoms with Gasteiger partial charge in [0.1, 0.15) is 0 Å². The molecule has 3 heteroatoms. The Morgan fingerprint density at radius 3 is 2.53 bits per heavy atom. The van der Waals surface area contributed by atoms with E-state index in [2.05, 4.69) is 11.8 Å². The van der Waals surface area contributed by atoms with Crippen LogP contribution < -0.4 is 0 Å². The summed E-state index contributed by atoms with van der Waals surface area (Å²) in [5.74, 6) is 0.424.